The number of rotatable bonds is 9. The van der Waals surface area contributed by atoms with Crippen LogP contribution in [0.2, 0.25) is 0 Å². The van der Waals surface area contributed by atoms with Gasteiger partial charge >= 0.3 is 0 Å². The van der Waals surface area contributed by atoms with Crippen LogP contribution in [0.3, 0.4) is 0 Å². The molecule has 3 heteroatoms. The van der Waals surface area contributed by atoms with E-state index in [1.807, 2.05) is 0 Å². The summed E-state index contributed by atoms with van der Waals surface area (Å²) in [5.41, 5.74) is 0.0955. The van der Waals surface area contributed by atoms with Gasteiger partial charge in [0.2, 0.25) is 0 Å². The lowest BCUT2D eigenvalue weighted by Gasteiger charge is -2.12. The van der Waals surface area contributed by atoms with Gasteiger partial charge in [0.05, 0.1) is 0 Å². The number of hydrogen-bond donors (Lipinski definition) is 1. The summed E-state index contributed by atoms with van der Waals surface area (Å²) in [4.78, 5) is 9.16. The summed E-state index contributed by atoms with van der Waals surface area (Å²) in [6.07, 6.45) is 8.90. The van der Waals surface area contributed by atoms with Crippen molar-refractivity contribution in [1.82, 2.24) is 0 Å². The van der Waals surface area contributed by atoms with Gasteiger partial charge in [-0.15, -0.1) is 0 Å². The molecule has 0 aromatic heterocycles. The van der Waals surface area contributed by atoms with Gasteiger partial charge in [0.15, 0.2) is 8.03 Å². The molecular weight excluding hydrogens is 195 g/mol. The van der Waals surface area contributed by atoms with Crippen LogP contribution < -0.4 is 0 Å². The molecule has 0 saturated heterocycles. The van der Waals surface area contributed by atoms with Crippen molar-refractivity contribution < 1.29 is 9.46 Å². The van der Waals surface area contributed by atoms with Crippen LogP contribution >= 0.6 is 8.03 Å². The summed E-state index contributed by atoms with van der Waals surface area (Å²) in [6.45, 7) is 4.32. The first-order chi connectivity index (χ1) is 6.72. The Morgan fingerprint density at radius 2 is 1.43 bits per heavy atom. The second kappa shape index (κ2) is 9.73. The van der Waals surface area contributed by atoms with Gasteiger partial charge in [-0.2, -0.15) is 0 Å². The second-order valence-corrected chi connectivity index (χ2v) is 5.52. The highest BCUT2D eigenvalue weighted by molar-refractivity contribution is 7.38. The summed E-state index contributed by atoms with van der Waals surface area (Å²) in [5.74, 6) is 0. The van der Waals surface area contributed by atoms with Crippen LogP contribution in [0.4, 0.5) is 0 Å². The fraction of sp³-hybridized carbons (Fsp3) is 1.00. The van der Waals surface area contributed by atoms with E-state index in [0.717, 1.165) is 25.7 Å². The Balaban J connectivity index is 3.61. The average molecular weight is 220 g/mol. The minimum Gasteiger partial charge on any atom is -0.346 e. The van der Waals surface area contributed by atoms with E-state index in [4.69, 9.17) is 4.89 Å². The largest absolute Gasteiger partial charge is 0.346 e. The molecule has 0 bridgehead atoms. The van der Waals surface area contributed by atoms with E-state index in [1.54, 1.807) is 0 Å². The Morgan fingerprint density at radius 3 is 1.71 bits per heavy atom. The molecular formula is C11H25O2P. The minimum atomic E-state index is -2.28. The molecule has 86 valence electrons. The normalized spacial score (nSPS) is 13.4. The van der Waals surface area contributed by atoms with E-state index >= 15 is 0 Å². The number of unbranched alkanes of at least 4 members (excludes halogenated alkanes) is 4. The zero-order valence-corrected chi connectivity index (χ0v) is 10.6. The van der Waals surface area contributed by atoms with Gasteiger partial charge in [0.1, 0.15) is 0 Å². The smallest absolute Gasteiger partial charge is 0.192 e. The Kier molecular flexibility index (Phi) is 9.87. The van der Waals surface area contributed by atoms with Gasteiger partial charge in [-0.1, -0.05) is 52.4 Å². The van der Waals surface area contributed by atoms with E-state index in [0.29, 0.717) is 0 Å². The molecule has 1 atom stereocenters. The first-order valence-corrected chi connectivity index (χ1v) is 7.38. The first-order valence-electron chi connectivity index (χ1n) is 5.95. The molecule has 0 aliphatic carbocycles. The maximum Gasteiger partial charge on any atom is 0.192 e. The van der Waals surface area contributed by atoms with Crippen molar-refractivity contribution in [2.75, 3.05) is 0 Å². The molecule has 0 heterocycles. The van der Waals surface area contributed by atoms with Gasteiger partial charge in [-0.25, -0.2) is 0 Å². The standard InChI is InChI=1S/C11H25O2P/c1-3-5-7-9-11(14(12)13)10-8-6-4-2/h11,14H,3-10H2,1-2H3,(H,12,13). The van der Waals surface area contributed by atoms with Crippen molar-refractivity contribution in [2.45, 2.75) is 70.9 Å². The highest BCUT2D eigenvalue weighted by atomic mass is 31.1. The summed E-state index contributed by atoms with van der Waals surface area (Å²) in [6, 6.07) is 0. The molecule has 0 aromatic carbocycles. The second-order valence-electron chi connectivity index (χ2n) is 4.03. The van der Waals surface area contributed by atoms with E-state index in [2.05, 4.69) is 13.8 Å². The van der Waals surface area contributed by atoms with Crippen LogP contribution in [0, 0.1) is 0 Å². The zero-order chi connectivity index (χ0) is 10.8. The Labute approximate surface area is 89.0 Å². The lowest BCUT2D eigenvalue weighted by Crippen LogP contribution is -2.02. The van der Waals surface area contributed by atoms with Crippen LogP contribution in [-0.4, -0.2) is 10.6 Å². The number of hydrogen-bond acceptors (Lipinski definition) is 1. The van der Waals surface area contributed by atoms with E-state index < -0.39 is 8.03 Å². The topological polar surface area (TPSA) is 37.3 Å². The van der Waals surface area contributed by atoms with Gasteiger partial charge in [0.25, 0.3) is 0 Å². The lowest BCUT2D eigenvalue weighted by molar-refractivity contribution is 0.466. The molecule has 0 radical (unpaired) electrons. The highest BCUT2D eigenvalue weighted by Gasteiger charge is 2.12. The third kappa shape index (κ3) is 7.58. The van der Waals surface area contributed by atoms with Crippen LogP contribution in [0.1, 0.15) is 65.2 Å². The predicted molar refractivity (Wildman–Crippen MR) is 63.3 cm³/mol. The minimum absolute atomic E-state index is 0.0955. The Morgan fingerprint density at radius 1 is 1.00 bits per heavy atom. The van der Waals surface area contributed by atoms with Crippen molar-refractivity contribution in [3.63, 3.8) is 0 Å². The van der Waals surface area contributed by atoms with Crippen molar-refractivity contribution in [3.05, 3.63) is 0 Å². The molecule has 0 rings (SSSR count). The van der Waals surface area contributed by atoms with E-state index in [1.165, 1.54) is 25.7 Å². The maximum absolute atomic E-state index is 11.1. The van der Waals surface area contributed by atoms with Crippen molar-refractivity contribution in [3.8, 4) is 0 Å². The average Bonchev–Trinajstić information content (AvgIpc) is 2.15. The molecule has 2 nitrogen and oxygen atoms in total. The fourth-order valence-electron chi connectivity index (χ4n) is 1.67. The summed E-state index contributed by atoms with van der Waals surface area (Å²) in [7, 11) is -2.28. The zero-order valence-electron chi connectivity index (χ0n) is 9.59. The SMILES string of the molecule is CCCCCC(CCCCC)[PH](=O)O. The van der Waals surface area contributed by atoms with E-state index in [9.17, 15) is 4.57 Å². The van der Waals surface area contributed by atoms with Crippen molar-refractivity contribution in [2.24, 2.45) is 0 Å². The highest BCUT2D eigenvalue weighted by Crippen LogP contribution is 2.31. The molecule has 1 unspecified atom stereocenters. The molecule has 0 spiro atoms. The molecule has 1 N–H and O–H groups in total. The maximum atomic E-state index is 11.1. The van der Waals surface area contributed by atoms with Crippen LogP contribution in [0.15, 0.2) is 0 Å². The molecule has 0 amide bonds. The van der Waals surface area contributed by atoms with Gasteiger partial charge in [0, 0.05) is 5.66 Å². The van der Waals surface area contributed by atoms with Crippen molar-refractivity contribution in [1.29, 1.82) is 0 Å². The Hall–Kier alpha value is 0.190. The predicted octanol–water partition coefficient (Wildman–Crippen LogP) is 3.98. The third-order valence-corrected chi connectivity index (χ3v) is 3.94. The van der Waals surface area contributed by atoms with Crippen molar-refractivity contribution >= 4 is 8.03 Å². The van der Waals surface area contributed by atoms with Crippen LogP contribution in [0.25, 0.3) is 0 Å². The molecule has 0 saturated carbocycles. The van der Waals surface area contributed by atoms with Crippen LogP contribution in [0.5, 0.6) is 0 Å². The lowest BCUT2D eigenvalue weighted by atomic mass is 10.1. The van der Waals surface area contributed by atoms with Gasteiger partial charge in [-0.3, -0.25) is 4.57 Å². The van der Waals surface area contributed by atoms with Gasteiger partial charge in [-0.05, 0) is 12.8 Å². The van der Waals surface area contributed by atoms with E-state index in [-0.39, 0.29) is 5.66 Å². The molecule has 0 aliphatic heterocycles. The summed E-state index contributed by atoms with van der Waals surface area (Å²) in [5, 5.41) is 0. The molecule has 0 fully saturated rings. The molecule has 14 heavy (non-hydrogen) atoms. The molecule has 0 aliphatic rings. The van der Waals surface area contributed by atoms with Gasteiger partial charge < -0.3 is 4.89 Å². The Bertz CT molecular complexity index is 138. The quantitative estimate of drug-likeness (QED) is 0.471. The third-order valence-electron chi connectivity index (χ3n) is 2.66. The van der Waals surface area contributed by atoms with Crippen LogP contribution in [-0.2, 0) is 4.57 Å². The summed E-state index contributed by atoms with van der Waals surface area (Å²) >= 11 is 0. The summed E-state index contributed by atoms with van der Waals surface area (Å²) < 4.78 is 11.1. The fourth-order valence-corrected chi connectivity index (χ4v) is 2.57. The first kappa shape index (κ1) is 14.2. The molecule has 0 aromatic rings. The monoisotopic (exact) mass is 220 g/mol.